The van der Waals surface area contributed by atoms with E-state index in [1.807, 2.05) is 0 Å². The molecule has 0 heterocycles. The van der Waals surface area contributed by atoms with Crippen molar-refractivity contribution in [2.45, 2.75) is 24.3 Å². The number of primary amides is 1. The van der Waals surface area contributed by atoms with Gasteiger partial charge < -0.3 is 5.73 Å². The summed E-state index contributed by atoms with van der Waals surface area (Å²) in [6, 6.07) is 3.84. The number of hydrogen-bond acceptors (Lipinski definition) is 3. The molecule has 1 amide bonds. The maximum Gasteiger partial charge on any atom is 0.242 e. The normalized spacial score (nSPS) is 13.3. The lowest BCUT2D eigenvalue weighted by molar-refractivity contribution is -0.118. The monoisotopic (exact) mass is 354 g/mol. The lowest BCUT2D eigenvalue weighted by atomic mass is 10.2. The molecule has 5 nitrogen and oxygen atoms in total. The highest BCUT2D eigenvalue weighted by atomic mass is 79.9. The van der Waals surface area contributed by atoms with Gasteiger partial charge in [0, 0.05) is 16.9 Å². The molecule has 1 rings (SSSR count). The van der Waals surface area contributed by atoms with Crippen LogP contribution in [0.15, 0.2) is 27.6 Å². The Labute approximate surface area is 119 Å². The molecule has 1 atom stereocenters. The molecule has 100 valence electrons. The number of carbonyl (C=O) groups excluding carboxylic acids is 1. The first-order chi connectivity index (χ1) is 8.22. The van der Waals surface area contributed by atoms with E-state index in [1.165, 1.54) is 12.1 Å². The molecule has 8 heteroatoms. The lowest BCUT2D eigenvalue weighted by Gasteiger charge is -2.13. The first kappa shape index (κ1) is 15.4. The Morgan fingerprint density at radius 2 is 2.17 bits per heavy atom. The minimum Gasteiger partial charge on any atom is -0.370 e. The Balaban J connectivity index is 2.96. The van der Waals surface area contributed by atoms with E-state index in [-0.39, 0.29) is 16.3 Å². The predicted molar refractivity (Wildman–Crippen MR) is 72.7 cm³/mol. The van der Waals surface area contributed by atoms with Crippen LogP contribution in [0.4, 0.5) is 0 Å². The molecule has 0 spiro atoms. The van der Waals surface area contributed by atoms with Crippen LogP contribution in [-0.4, -0.2) is 20.4 Å². The number of hydrogen-bond donors (Lipinski definition) is 2. The van der Waals surface area contributed by atoms with Crippen molar-refractivity contribution in [1.82, 2.24) is 4.72 Å². The molecule has 3 N–H and O–H groups in total. The molecule has 0 fully saturated rings. The zero-order valence-corrected chi connectivity index (χ0v) is 12.6. The number of rotatable bonds is 5. The third-order valence-corrected chi connectivity index (χ3v) is 4.61. The van der Waals surface area contributed by atoms with Gasteiger partial charge in [0.1, 0.15) is 4.90 Å². The molecule has 0 aliphatic heterocycles. The number of nitrogens with one attached hydrogen (secondary N) is 1. The second-order valence-electron chi connectivity index (χ2n) is 3.77. The van der Waals surface area contributed by atoms with Gasteiger partial charge in [-0.1, -0.05) is 27.5 Å². The number of sulfonamides is 1. The summed E-state index contributed by atoms with van der Waals surface area (Å²) >= 11 is 9.05. The molecular formula is C10H12BrClN2O3S. The quantitative estimate of drug-likeness (QED) is 0.841. The van der Waals surface area contributed by atoms with E-state index < -0.39 is 22.0 Å². The largest absolute Gasteiger partial charge is 0.370 e. The van der Waals surface area contributed by atoms with Crippen LogP contribution < -0.4 is 10.5 Å². The minimum atomic E-state index is -3.76. The Morgan fingerprint density at radius 3 is 2.67 bits per heavy atom. The van der Waals surface area contributed by atoms with Gasteiger partial charge in [0.05, 0.1) is 5.02 Å². The fourth-order valence-corrected chi connectivity index (χ4v) is 3.65. The Hall–Kier alpha value is -0.630. The van der Waals surface area contributed by atoms with Gasteiger partial charge >= 0.3 is 0 Å². The smallest absolute Gasteiger partial charge is 0.242 e. The molecule has 0 saturated carbocycles. The summed E-state index contributed by atoms with van der Waals surface area (Å²) in [7, 11) is -3.76. The summed E-state index contributed by atoms with van der Waals surface area (Å²) in [5.41, 5.74) is 4.99. The molecule has 1 aromatic carbocycles. The maximum absolute atomic E-state index is 12.0. The highest BCUT2D eigenvalue weighted by molar-refractivity contribution is 9.10. The van der Waals surface area contributed by atoms with Crippen molar-refractivity contribution in [3.63, 3.8) is 0 Å². The van der Waals surface area contributed by atoms with Gasteiger partial charge in [0.2, 0.25) is 15.9 Å². The van der Waals surface area contributed by atoms with Crippen LogP contribution >= 0.6 is 27.5 Å². The zero-order valence-electron chi connectivity index (χ0n) is 9.48. The molecule has 0 saturated heterocycles. The van der Waals surface area contributed by atoms with Crippen LogP contribution in [0.5, 0.6) is 0 Å². The molecule has 1 unspecified atom stereocenters. The van der Waals surface area contributed by atoms with Crippen molar-refractivity contribution in [2.24, 2.45) is 5.73 Å². The highest BCUT2D eigenvalue weighted by Gasteiger charge is 2.21. The van der Waals surface area contributed by atoms with Gasteiger partial charge in [-0.3, -0.25) is 4.79 Å². The average Bonchev–Trinajstić information content (AvgIpc) is 2.13. The van der Waals surface area contributed by atoms with Crippen LogP contribution in [0.1, 0.15) is 13.3 Å². The molecule has 0 bridgehead atoms. The van der Waals surface area contributed by atoms with Gasteiger partial charge in [-0.15, -0.1) is 0 Å². The van der Waals surface area contributed by atoms with E-state index in [9.17, 15) is 13.2 Å². The Kier molecular flexibility index (Phi) is 5.15. The van der Waals surface area contributed by atoms with Crippen LogP contribution in [-0.2, 0) is 14.8 Å². The van der Waals surface area contributed by atoms with Crippen molar-refractivity contribution in [3.05, 3.63) is 27.7 Å². The number of carbonyl (C=O) groups is 1. The summed E-state index contributed by atoms with van der Waals surface area (Å²) in [5.74, 6) is -0.577. The molecule has 0 radical (unpaired) electrons. The standard InChI is InChI=1S/C10H12BrClN2O3S/c1-6(4-10(13)15)14-18(16,17)9-3-2-7(11)5-8(9)12/h2-3,5-6,14H,4H2,1H3,(H2,13,15). The minimum absolute atomic E-state index is 0.0383. The molecule has 18 heavy (non-hydrogen) atoms. The van der Waals surface area contributed by atoms with Gasteiger partial charge in [-0.05, 0) is 25.1 Å². The average molecular weight is 356 g/mol. The van der Waals surface area contributed by atoms with E-state index >= 15 is 0 Å². The van der Waals surface area contributed by atoms with Crippen molar-refractivity contribution < 1.29 is 13.2 Å². The van der Waals surface area contributed by atoms with Crippen molar-refractivity contribution in [3.8, 4) is 0 Å². The SMILES string of the molecule is CC(CC(N)=O)NS(=O)(=O)c1ccc(Br)cc1Cl. The second-order valence-corrected chi connectivity index (χ2v) is 6.77. The van der Waals surface area contributed by atoms with Crippen molar-refractivity contribution in [2.75, 3.05) is 0 Å². The number of nitrogens with two attached hydrogens (primary N) is 1. The number of halogens is 2. The molecular weight excluding hydrogens is 344 g/mol. The van der Waals surface area contributed by atoms with Gasteiger partial charge in [-0.2, -0.15) is 0 Å². The first-order valence-electron chi connectivity index (χ1n) is 4.98. The summed E-state index contributed by atoms with van der Waals surface area (Å²) < 4.78 is 27.0. The fraction of sp³-hybridized carbons (Fsp3) is 0.300. The van der Waals surface area contributed by atoms with Gasteiger partial charge in [-0.25, -0.2) is 13.1 Å². The lowest BCUT2D eigenvalue weighted by Crippen LogP contribution is -2.35. The summed E-state index contributed by atoms with van der Waals surface area (Å²) in [6.45, 7) is 1.55. The van der Waals surface area contributed by atoms with Crippen LogP contribution in [0.25, 0.3) is 0 Å². The third-order valence-electron chi connectivity index (χ3n) is 2.05. The van der Waals surface area contributed by atoms with Gasteiger partial charge in [0.25, 0.3) is 0 Å². The summed E-state index contributed by atoms with van der Waals surface area (Å²) in [6.07, 6.45) is -0.0760. The first-order valence-corrected chi connectivity index (χ1v) is 7.63. The van der Waals surface area contributed by atoms with Crippen LogP contribution in [0, 0.1) is 0 Å². The van der Waals surface area contributed by atoms with Crippen LogP contribution in [0.2, 0.25) is 5.02 Å². The van der Waals surface area contributed by atoms with E-state index in [4.69, 9.17) is 17.3 Å². The van der Waals surface area contributed by atoms with Crippen molar-refractivity contribution in [1.29, 1.82) is 0 Å². The molecule has 1 aromatic rings. The topological polar surface area (TPSA) is 89.3 Å². The highest BCUT2D eigenvalue weighted by Crippen LogP contribution is 2.25. The van der Waals surface area contributed by atoms with E-state index in [0.717, 1.165) is 0 Å². The number of benzene rings is 1. The summed E-state index contributed by atoms with van der Waals surface area (Å²) in [4.78, 5) is 10.7. The second kappa shape index (κ2) is 6.01. The molecule has 0 aromatic heterocycles. The third kappa shape index (κ3) is 4.24. The van der Waals surface area contributed by atoms with Crippen LogP contribution in [0.3, 0.4) is 0 Å². The van der Waals surface area contributed by atoms with E-state index in [1.54, 1.807) is 13.0 Å². The predicted octanol–water partition coefficient (Wildman–Crippen LogP) is 1.64. The summed E-state index contributed by atoms with van der Waals surface area (Å²) in [5, 5.41) is 0.100. The fourth-order valence-electron chi connectivity index (χ4n) is 1.36. The van der Waals surface area contributed by atoms with Crippen molar-refractivity contribution >= 4 is 43.5 Å². The molecule has 0 aliphatic rings. The number of amides is 1. The van der Waals surface area contributed by atoms with E-state index in [0.29, 0.717) is 4.47 Å². The van der Waals surface area contributed by atoms with Gasteiger partial charge in [0.15, 0.2) is 0 Å². The molecule has 0 aliphatic carbocycles. The van der Waals surface area contributed by atoms with E-state index in [2.05, 4.69) is 20.7 Å². The zero-order chi connectivity index (χ0) is 13.9. The Bertz CT molecular complexity index is 562. The Morgan fingerprint density at radius 1 is 1.56 bits per heavy atom. The maximum atomic E-state index is 12.0.